The van der Waals surface area contributed by atoms with Gasteiger partial charge in [-0.25, -0.2) is 9.78 Å². The number of anilines is 1. The molecule has 0 radical (unpaired) electrons. The molecule has 1 aromatic heterocycles. The van der Waals surface area contributed by atoms with Crippen LogP contribution in [-0.2, 0) is 17.3 Å². The van der Waals surface area contributed by atoms with E-state index < -0.39 is 34.7 Å². The molecule has 3 aromatic rings. The number of halogens is 3. The topological polar surface area (TPSA) is 73.2 Å². The molecule has 0 saturated carbocycles. The van der Waals surface area contributed by atoms with Crippen LogP contribution in [-0.4, -0.2) is 21.2 Å². The summed E-state index contributed by atoms with van der Waals surface area (Å²) in [5, 5.41) is 2.47. The van der Waals surface area contributed by atoms with E-state index in [1.807, 2.05) is 6.92 Å². The molecule has 176 valence electrons. The molecule has 1 amide bonds. The second kappa shape index (κ2) is 9.25. The van der Waals surface area contributed by atoms with E-state index in [2.05, 4.69) is 10.3 Å². The van der Waals surface area contributed by atoms with Gasteiger partial charge in [0.2, 0.25) is 0 Å². The predicted molar refractivity (Wildman–Crippen MR) is 121 cm³/mol. The molecule has 1 heterocycles. The van der Waals surface area contributed by atoms with Crippen LogP contribution in [0.3, 0.4) is 0 Å². The summed E-state index contributed by atoms with van der Waals surface area (Å²) in [5.74, 6) is 0.376. The number of benzene rings is 2. The highest BCUT2D eigenvalue weighted by Gasteiger charge is 2.35. The summed E-state index contributed by atoms with van der Waals surface area (Å²) in [6.45, 7) is 6.80. The fraction of sp³-hybridized carbons (Fsp3) is 0.375. The molecule has 9 heteroatoms. The molecule has 1 N–H and O–H groups in total. The number of hydrogen-bond donors (Lipinski definition) is 1. The van der Waals surface area contributed by atoms with Gasteiger partial charge in [0.25, 0.3) is 5.56 Å². The highest BCUT2D eigenvalue weighted by atomic mass is 19.4. The molecule has 0 atom stereocenters. The number of para-hydroxylation sites is 1. The fourth-order valence-corrected chi connectivity index (χ4v) is 3.38. The summed E-state index contributed by atoms with van der Waals surface area (Å²) in [5.41, 5.74) is -2.37. The molecular weight excluding hydrogens is 435 g/mol. The number of aromatic nitrogens is 2. The van der Waals surface area contributed by atoms with Crippen molar-refractivity contribution >= 4 is 22.7 Å². The Balaban J connectivity index is 2.16. The molecule has 0 aliphatic rings. The van der Waals surface area contributed by atoms with E-state index in [0.29, 0.717) is 23.1 Å². The minimum atomic E-state index is -4.78. The van der Waals surface area contributed by atoms with E-state index in [-0.39, 0.29) is 5.69 Å². The first-order valence-corrected chi connectivity index (χ1v) is 10.6. The summed E-state index contributed by atoms with van der Waals surface area (Å²) in [6.07, 6.45) is -3.81. The van der Waals surface area contributed by atoms with Crippen molar-refractivity contribution in [3.8, 4) is 5.69 Å². The van der Waals surface area contributed by atoms with Gasteiger partial charge in [-0.3, -0.25) is 14.7 Å². The van der Waals surface area contributed by atoms with Crippen LogP contribution in [0.15, 0.2) is 47.3 Å². The third-order valence-corrected chi connectivity index (χ3v) is 4.80. The molecule has 0 unspecified atom stereocenters. The SMILES string of the molecule is CCCCc1nc2ccccc2c(=O)n1-c1ccc(NC(=O)OC(C)(C)C)c(C(F)(F)F)c1. The van der Waals surface area contributed by atoms with Crippen LogP contribution in [0.2, 0.25) is 0 Å². The summed E-state index contributed by atoms with van der Waals surface area (Å²) in [4.78, 5) is 29.9. The normalized spacial score (nSPS) is 12.1. The summed E-state index contributed by atoms with van der Waals surface area (Å²) in [6, 6.07) is 10.0. The van der Waals surface area contributed by atoms with Crippen LogP contribution in [0.1, 0.15) is 51.9 Å². The van der Waals surface area contributed by atoms with Gasteiger partial charge >= 0.3 is 12.3 Å². The maximum atomic E-state index is 13.9. The van der Waals surface area contributed by atoms with Gasteiger partial charge < -0.3 is 4.74 Å². The number of carbonyl (C=O) groups is 1. The lowest BCUT2D eigenvalue weighted by atomic mass is 10.1. The van der Waals surface area contributed by atoms with Gasteiger partial charge in [-0.15, -0.1) is 0 Å². The van der Waals surface area contributed by atoms with Gasteiger partial charge in [0.05, 0.1) is 27.8 Å². The quantitative estimate of drug-likeness (QED) is 0.499. The monoisotopic (exact) mass is 461 g/mol. The van der Waals surface area contributed by atoms with Crippen LogP contribution < -0.4 is 10.9 Å². The first kappa shape index (κ1) is 24.3. The molecule has 0 saturated heterocycles. The van der Waals surface area contributed by atoms with Crippen molar-refractivity contribution in [3.05, 3.63) is 64.2 Å². The van der Waals surface area contributed by atoms with Crippen molar-refractivity contribution in [1.29, 1.82) is 0 Å². The summed E-state index contributed by atoms with van der Waals surface area (Å²) >= 11 is 0. The Labute approximate surface area is 189 Å². The first-order chi connectivity index (χ1) is 15.4. The number of nitrogens with zero attached hydrogens (tertiary/aromatic N) is 2. The van der Waals surface area contributed by atoms with Crippen LogP contribution >= 0.6 is 0 Å². The minimum absolute atomic E-state index is 0.0198. The maximum Gasteiger partial charge on any atom is 0.418 e. The van der Waals surface area contributed by atoms with E-state index in [4.69, 9.17) is 4.74 Å². The lowest BCUT2D eigenvalue weighted by molar-refractivity contribution is -0.136. The van der Waals surface area contributed by atoms with Gasteiger partial charge in [0, 0.05) is 6.42 Å². The van der Waals surface area contributed by atoms with Crippen LogP contribution in [0.25, 0.3) is 16.6 Å². The van der Waals surface area contributed by atoms with E-state index in [1.165, 1.54) is 10.6 Å². The number of ether oxygens (including phenoxy) is 1. The Kier molecular flexibility index (Phi) is 6.81. The molecule has 2 aromatic carbocycles. The number of carbonyl (C=O) groups excluding carboxylic acids is 1. The lowest BCUT2D eigenvalue weighted by Crippen LogP contribution is -2.28. The van der Waals surface area contributed by atoms with Gasteiger partial charge in [-0.05, 0) is 57.5 Å². The van der Waals surface area contributed by atoms with Crippen molar-refractivity contribution in [2.45, 2.75) is 58.7 Å². The number of hydrogen-bond acceptors (Lipinski definition) is 4. The zero-order chi connectivity index (χ0) is 24.4. The third-order valence-electron chi connectivity index (χ3n) is 4.80. The third kappa shape index (κ3) is 5.71. The lowest BCUT2D eigenvalue weighted by Gasteiger charge is -2.21. The van der Waals surface area contributed by atoms with Gasteiger partial charge in [-0.2, -0.15) is 13.2 Å². The molecule has 0 spiro atoms. The number of nitrogens with one attached hydrogen (secondary N) is 1. The standard InChI is InChI=1S/C24H26F3N3O3/c1-5-6-11-20-28-18-10-8-7-9-16(18)21(31)30(20)15-12-13-19(17(14-15)24(25,26)27)29-22(32)33-23(2,3)4/h7-10,12-14H,5-6,11H2,1-4H3,(H,29,32). The summed E-state index contributed by atoms with van der Waals surface area (Å²) in [7, 11) is 0. The molecule has 0 aliphatic carbocycles. The highest BCUT2D eigenvalue weighted by Crippen LogP contribution is 2.36. The van der Waals surface area contributed by atoms with Crippen molar-refractivity contribution in [2.24, 2.45) is 0 Å². The van der Waals surface area contributed by atoms with Crippen molar-refractivity contribution in [3.63, 3.8) is 0 Å². The van der Waals surface area contributed by atoms with E-state index in [0.717, 1.165) is 25.0 Å². The number of rotatable bonds is 5. The number of unbranched alkanes of at least 4 members (excludes halogenated alkanes) is 1. The number of aryl methyl sites for hydroxylation is 1. The van der Waals surface area contributed by atoms with Crippen molar-refractivity contribution < 1.29 is 22.7 Å². The van der Waals surface area contributed by atoms with Crippen LogP contribution in [0, 0.1) is 0 Å². The predicted octanol–water partition coefficient (Wildman–Crippen LogP) is 6.09. The van der Waals surface area contributed by atoms with Gasteiger partial charge in [0.1, 0.15) is 11.4 Å². The van der Waals surface area contributed by atoms with Crippen LogP contribution in [0.5, 0.6) is 0 Å². The second-order valence-corrected chi connectivity index (χ2v) is 8.64. The zero-order valence-electron chi connectivity index (χ0n) is 18.9. The minimum Gasteiger partial charge on any atom is -0.444 e. The Morgan fingerprint density at radius 1 is 1.12 bits per heavy atom. The Morgan fingerprint density at radius 2 is 1.82 bits per heavy atom. The van der Waals surface area contributed by atoms with Crippen molar-refractivity contribution in [1.82, 2.24) is 9.55 Å². The molecular formula is C24H26F3N3O3. The number of fused-ring (bicyclic) bond motifs is 1. The Bertz CT molecular complexity index is 1230. The molecule has 6 nitrogen and oxygen atoms in total. The molecule has 3 rings (SSSR count). The van der Waals surface area contributed by atoms with Crippen LogP contribution in [0.4, 0.5) is 23.7 Å². The second-order valence-electron chi connectivity index (χ2n) is 8.64. The molecule has 0 bridgehead atoms. The maximum absolute atomic E-state index is 13.9. The first-order valence-electron chi connectivity index (χ1n) is 10.6. The van der Waals surface area contributed by atoms with Crippen molar-refractivity contribution in [2.75, 3.05) is 5.32 Å². The van der Waals surface area contributed by atoms with E-state index in [9.17, 15) is 22.8 Å². The fourth-order valence-electron chi connectivity index (χ4n) is 3.38. The molecule has 33 heavy (non-hydrogen) atoms. The van der Waals surface area contributed by atoms with E-state index in [1.54, 1.807) is 45.0 Å². The Morgan fingerprint density at radius 3 is 2.45 bits per heavy atom. The number of amides is 1. The smallest absolute Gasteiger partial charge is 0.418 e. The Hall–Kier alpha value is -3.36. The number of alkyl halides is 3. The molecule has 0 fully saturated rings. The summed E-state index contributed by atoms with van der Waals surface area (Å²) < 4.78 is 48.0. The highest BCUT2D eigenvalue weighted by molar-refractivity contribution is 5.86. The largest absolute Gasteiger partial charge is 0.444 e. The van der Waals surface area contributed by atoms with Gasteiger partial charge in [-0.1, -0.05) is 25.5 Å². The average Bonchev–Trinajstić information content (AvgIpc) is 2.70. The zero-order valence-corrected chi connectivity index (χ0v) is 18.9. The molecule has 0 aliphatic heterocycles. The average molecular weight is 461 g/mol. The van der Waals surface area contributed by atoms with Gasteiger partial charge in [0.15, 0.2) is 0 Å². The van der Waals surface area contributed by atoms with E-state index >= 15 is 0 Å².